The molecular weight excluding hydrogens is 208 g/mol. The van der Waals surface area contributed by atoms with E-state index in [2.05, 4.69) is 13.8 Å². The maximum atomic E-state index is 9.44. The summed E-state index contributed by atoms with van der Waals surface area (Å²) >= 11 is 0. The minimum atomic E-state index is -0.727. The zero-order chi connectivity index (χ0) is 12.6. The summed E-state index contributed by atoms with van der Waals surface area (Å²) in [4.78, 5) is 0. The van der Waals surface area contributed by atoms with Crippen LogP contribution in [0.3, 0.4) is 0 Å². The topological polar surface area (TPSA) is 80.9 Å². The van der Waals surface area contributed by atoms with Crippen LogP contribution in [0, 0.1) is 11.8 Å². The Kier molecular flexibility index (Phi) is 8.84. The lowest BCUT2D eigenvalue weighted by molar-refractivity contribution is 0.0309. The van der Waals surface area contributed by atoms with E-state index in [1.165, 1.54) is 0 Å². The highest BCUT2D eigenvalue weighted by Crippen LogP contribution is 2.26. The third kappa shape index (κ3) is 6.43. The average molecular weight is 234 g/mol. The number of aliphatic hydroxyl groups excluding tert-OH is 4. The second-order valence-electron chi connectivity index (χ2n) is 4.67. The molecule has 0 rings (SSSR count). The molecule has 3 unspecified atom stereocenters. The Hall–Kier alpha value is -0.160. The summed E-state index contributed by atoms with van der Waals surface area (Å²) < 4.78 is 0. The number of hydrogen-bond donors (Lipinski definition) is 4. The molecule has 0 heterocycles. The van der Waals surface area contributed by atoms with Gasteiger partial charge in [-0.3, -0.25) is 0 Å². The smallest absolute Gasteiger partial charge is 0.0773 e. The zero-order valence-corrected chi connectivity index (χ0v) is 10.3. The van der Waals surface area contributed by atoms with Gasteiger partial charge in [0, 0.05) is 0 Å². The largest absolute Gasteiger partial charge is 0.394 e. The number of aliphatic hydroxyl groups is 4. The summed E-state index contributed by atoms with van der Waals surface area (Å²) in [6.07, 6.45) is 1.59. The van der Waals surface area contributed by atoms with Gasteiger partial charge in [0.15, 0.2) is 0 Å². The second-order valence-corrected chi connectivity index (χ2v) is 4.67. The van der Waals surface area contributed by atoms with E-state index >= 15 is 0 Å². The van der Waals surface area contributed by atoms with Gasteiger partial charge >= 0.3 is 0 Å². The Morgan fingerprint density at radius 2 is 1.38 bits per heavy atom. The molecule has 4 nitrogen and oxygen atoms in total. The van der Waals surface area contributed by atoms with Gasteiger partial charge in [-0.05, 0) is 24.7 Å². The predicted octanol–water partition coefficient (Wildman–Crippen LogP) is 0.525. The molecule has 4 N–H and O–H groups in total. The van der Waals surface area contributed by atoms with Crippen molar-refractivity contribution in [1.29, 1.82) is 0 Å². The zero-order valence-electron chi connectivity index (χ0n) is 10.3. The molecule has 0 saturated heterocycles. The lowest BCUT2D eigenvalue weighted by Crippen LogP contribution is -2.27. The molecule has 0 aliphatic carbocycles. The van der Waals surface area contributed by atoms with E-state index in [1.807, 2.05) is 0 Å². The van der Waals surface area contributed by atoms with Crippen molar-refractivity contribution in [2.45, 2.75) is 51.7 Å². The fourth-order valence-corrected chi connectivity index (χ4v) is 2.10. The van der Waals surface area contributed by atoms with Crippen molar-refractivity contribution in [3.05, 3.63) is 0 Å². The monoisotopic (exact) mass is 234 g/mol. The van der Waals surface area contributed by atoms with Crippen LogP contribution in [0.5, 0.6) is 0 Å². The molecule has 0 saturated carbocycles. The average Bonchev–Trinajstić information content (AvgIpc) is 2.27. The van der Waals surface area contributed by atoms with E-state index in [-0.39, 0.29) is 19.1 Å². The molecule has 0 aromatic rings. The van der Waals surface area contributed by atoms with Crippen molar-refractivity contribution < 1.29 is 20.4 Å². The first kappa shape index (κ1) is 15.8. The van der Waals surface area contributed by atoms with Gasteiger partial charge in [-0.25, -0.2) is 0 Å². The van der Waals surface area contributed by atoms with Crippen molar-refractivity contribution >= 4 is 0 Å². The van der Waals surface area contributed by atoms with Crippen LogP contribution < -0.4 is 0 Å². The minimum Gasteiger partial charge on any atom is -0.394 e. The summed E-state index contributed by atoms with van der Waals surface area (Å²) in [6.45, 7) is 3.69. The summed E-state index contributed by atoms with van der Waals surface area (Å²) in [7, 11) is 0. The Bertz CT molecular complexity index is 151. The van der Waals surface area contributed by atoms with E-state index in [0.717, 1.165) is 12.8 Å². The van der Waals surface area contributed by atoms with Gasteiger partial charge in [-0.1, -0.05) is 26.7 Å². The maximum absolute atomic E-state index is 9.44. The minimum absolute atomic E-state index is 0.143. The number of rotatable bonds is 9. The molecule has 4 heteroatoms. The van der Waals surface area contributed by atoms with Gasteiger partial charge in [0.05, 0.1) is 25.4 Å². The molecule has 0 amide bonds. The van der Waals surface area contributed by atoms with Crippen molar-refractivity contribution in [1.82, 2.24) is 0 Å². The van der Waals surface area contributed by atoms with Crippen LogP contribution in [0.15, 0.2) is 0 Å². The summed E-state index contributed by atoms with van der Waals surface area (Å²) in [6, 6.07) is 0. The quantitative estimate of drug-likeness (QED) is 0.469. The molecule has 16 heavy (non-hydrogen) atoms. The van der Waals surface area contributed by atoms with Crippen molar-refractivity contribution in [2.75, 3.05) is 13.2 Å². The fourth-order valence-electron chi connectivity index (χ4n) is 2.10. The van der Waals surface area contributed by atoms with Crippen LogP contribution in [0.2, 0.25) is 0 Å². The Balaban J connectivity index is 4.25. The van der Waals surface area contributed by atoms with Gasteiger partial charge in [0.2, 0.25) is 0 Å². The number of hydrogen-bond acceptors (Lipinski definition) is 4. The Morgan fingerprint density at radius 3 is 1.69 bits per heavy atom. The molecule has 3 atom stereocenters. The standard InChI is InChI=1S/C12H26O4/c1-3-4-9(2)10(5-11(15)7-13)6-12(16)8-14/h9-16H,3-8H2,1-2H3. The molecule has 0 radical (unpaired) electrons. The Morgan fingerprint density at radius 1 is 0.938 bits per heavy atom. The lowest BCUT2D eigenvalue weighted by atomic mass is 9.82. The highest BCUT2D eigenvalue weighted by Gasteiger charge is 2.22. The van der Waals surface area contributed by atoms with Gasteiger partial charge in [0.1, 0.15) is 0 Å². The summed E-state index contributed by atoms with van der Waals surface area (Å²) in [5.41, 5.74) is 0. The van der Waals surface area contributed by atoms with Crippen LogP contribution in [0.4, 0.5) is 0 Å². The molecular formula is C12H26O4. The first-order valence-electron chi connectivity index (χ1n) is 6.12. The first-order valence-corrected chi connectivity index (χ1v) is 6.12. The molecule has 0 aromatic carbocycles. The summed E-state index contributed by atoms with van der Waals surface area (Å²) in [5.74, 6) is 0.525. The van der Waals surface area contributed by atoms with E-state index in [4.69, 9.17) is 10.2 Å². The van der Waals surface area contributed by atoms with Crippen LogP contribution in [-0.2, 0) is 0 Å². The first-order chi connectivity index (χ1) is 7.54. The van der Waals surface area contributed by atoms with E-state index in [1.54, 1.807) is 0 Å². The third-order valence-corrected chi connectivity index (χ3v) is 3.12. The molecule has 0 bridgehead atoms. The predicted molar refractivity (Wildman–Crippen MR) is 63.0 cm³/mol. The van der Waals surface area contributed by atoms with E-state index in [0.29, 0.717) is 18.8 Å². The van der Waals surface area contributed by atoms with E-state index < -0.39 is 12.2 Å². The van der Waals surface area contributed by atoms with Crippen LogP contribution in [-0.4, -0.2) is 45.8 Å². The van der Waals surface area contributed by atoms with Gasteiger partial charge < -0.3 is 20.4 Å². The van der Waals surface area contributed by atoms with Crippen molar-refractivity contribution in [2.24, 2.45) is 11.8 Å². The molecule has 0 aliphatic rings. The highest BCUT2D eigenvalue weighted by atomic mass is 16.3. The summed E-state index contributed by atoms with van der Waals surface area (Å²) in [5, 5.41) is 36.5. The van der Waals surface area contributed by atoms with Crippen molar-refractivity contribution in [3.8, 4) is 0 Å². The van der Waals surface area contributed by atoms with E-state index in [9.17, 15) is 10.2 Å². The normalized spacial score (nSPS) is 19.1. The van der Waals surface area contributed by atoms with Crippen molar-refractivity contribution in [3.63, 3.8) is 0 Å². The Labute approximate surface area is 97.9 Å². The van der Waals surface area contributed by atoms with Gasteiger partial charge in [-0.15, -0.1) is 0 Å². The van der Waals surface area contributed by atoms with Gasteiger partial charge in [0.25, 0.3) is 0 Å². The highest BCUT2D eigenvalue weighted by molar-refractivity contribution is 4.73. The van der Waals surface area contributed by atoms with Crippen LogP contribution in [0.1, 0.15) is 39.5 Å². The maximum Gasteiger partial charge on any atom is 0.0773 e. The molecule has 0 spiro atoms. The third-order valence-electron chi connectivity index (χ3n) is 3.12. The lowest BCUT2D eigenvalue weighted by Gasteiger charge is -2.27. The van der Waals surface area contributed by atoms with Crippen LogP contribution >= 0.6 is 0 Å². The molecule has 0 fully saturated rings. The second kappa shape index (κ2) is 8.93. The molecule has 98 valence electrons. The SMILES string of the molecule is CCCC(C)C(CC(O)CO)CC(O)CO. The van der Waals surface area contributed by atoms with Crippen LogP contribution in [0.25, 0.3) is 0 Å². The molecule has 0 aliphatic heterocycles. The fraction of sp³-hybridized carbons (Fsp3) is 1.00. The van der Waals surface area contributed by atoms with Gasteiger partial charge in [-0.2, -0.15) is 0 Å². The molecule has 0 aromatic heterocycles.